The van der Waals surface area contributed by atoms with Gasteiger partial charge in [0.15, 0.2) is 11.6 Å². The zero-order valence-electron chi connectivity index (χ0n) is 14.2. The number of carbonyl (C=O) groups is 1. The second-order valence-electron chi connectivity index (χ2n) is 5.79. The van der Waals surface area contributed by atoms with Gasteiger partial charge in [0.25, 0.3) is 5.91 Å². The summed E-state index contributed by atoms with van der Waals surface area (Å²) in [5, 5.41) is 3.01. The van der Waals surface area contributed by atoms with Crippen LogP contribution in [-0.2, 0) is 0 Å². The molecule has 1 heterocycles. The zero-order chi connectivity index (χ0) is 19.4. The average molecular weight is 389 g/mol. The molecule has 1 atom stereocenters. The van der Waals surface area contributed by atoms with Gasteiger partial charge in [-0.05, 0) is 30.7 Å². The average Bonchev–Trinajstić information content (AvgIpc) is 2.66. The first-order valence-electron chi connectivity index (χ1n) is 8.08. The molecule has 138 valence electrons. The Bertz CT molecular complexity index is 967. The Morgan fingerprint density at radius 1 is 1.15 bits per heavy atom. The van der Waals surface area contributed by atoms with Crippen molar-refractivity contribution < 1.29 is 18.3 Å². The summed E-state index contributed by atoms with van der Waals surface area (Å²) in [6.45, 7) is 1.82. The minimum Gasteiger partial charge on any atom is -0.435 e. The summed E-state index contributed by atoms with van der Waals surface area (Å²) in [4.78, 5) is 16.6. The van der Waals surface area contributed by atoms with Gasteiger partial charge in [-0.15, -0.1) is 0 Å². The van der Waals surface area contributed by atoms with Crippen LogP contribution in [0.3, 0.4) is 0 Å². The van der Waals surface area contributed by atoms with Crippen LogP contribution in [0.15, 0.2) is 60.8 Å². The maximum atomic E-state index is 13.9. The number of carbonyl (C=O) groups excluding carboxylic acids is 1. The van der Waals surface area contributed by atoms with Gasteiger partial charge in [0.2, 0.25) is 5.88 Å². The molecule has 27 heavy (non-hydrogen) atoms. The van der Waals surface area contributed by atoms with E-state index < -0.39 is 17.5 Å². The summed E-state index contributed by atoms with van der Waals surface area (Å²) in [5.74, 6) is -2.52. The first kappa shape index (κ1) is 18.8. The lowest BCUT2D eigenvalue weighted by atomic mass is 10.1. The highest BCUT2D eigenvalue weighted by Gasteiger charge is 2.19. The second-order valence-corrected chi connectivity index (χ2v) is 6.23. The van der Waals surface area contributed by atoms with Crippen LogP contribution in [0.4, 0.5) is 8.78 Å². The van der Waals surface area contributed by atoms with Crippen LogP contribution in [-0.4, -0.2) is 10.9 Å². The zero-order valence-corrected chi connectivity index (χ0v) is 15.0. The highest BCUT2D eigenvalue weighted by Crippen LogP contribution is 2.28. The summed E-state index contributed by atoms with van der Waals surface area (Å²) in [5.41, 5.74) is 0.911. The highest BCUT2D eigenvalue weighted by atomic mass is 35.5. The lowest BCUT2D eigenvalue weighted by Crippen LogP contribution is -2.27. The van der Waals surface area contributed by atoms with E-state index in [1.807, 2.05) is 37.3 Å². The van der Waals surface area contributed by atoms with Gasteiger partial charge in [-0.1, -0.05) is 41.9 Å². The van der Waals surface area contributed by atoms with Crippen molar-refractivity contribution in [3.63, 3.8) is 0 Å². The van der Waals surface area contributed by atoms with Crippen molar-refractivity contribution in [3.05, 3.63) is 88.6 Å². The summed E-state index contributed by atoms with van der Waals surface area (Å²) >= 11 is 5.94. The Morgan fingerprint density at radius 2 is 1.89 bits per heavy atom. The Labute approximate surface area is 159 Å². The van der Waals surface area contributed by atoms with E-state index in [9.17, 15) is 13.6 Å². The molecule has 0 bridgehead atoms. The number of rotatable bonds is 5. The van der Waals surface area contributed by atoms with Gasteiger partial charge in [-0.2, -0.15) is 0 Å². The third kappa shape index (κ3) is 4.60. The largest absolute Gasteiger partial charge is 0.435 e. The number of pyridine rings is 1. The number of amides is 1. The molecule has 0 saturated carbocycles. The molecule has 0 unspecified atom stereocenters. The van der Waals surface area contributed by atoms with Crippen LogP contribution in [0.5, 0.6) is 11.6 Å². The summed E-state index contributed by atoms with van der Waals surface area (Å²) in [6, 6.07) is 13.2. The van der Waals surface area contributed by atoms with E-state index in [4.69, 9.17) is 16.3 Å². The van der Waals surface area contributed by atoms with E-state index in [1.165, 1.54) is 12.3 Å². The predicted molar refractivity (Wildman–Crippen MR) is 98.0 cm³/mol. The Kier molecular flexibility index (Phi) is 5.66. The number of benzene rings is 2. The topological polar surface area (TPSA) is 51.2 Å². The molecule has 0 aliphatic heterocycles. The van der Waals surface area contributed by atoms with Crippen LogP contribution in [0.2, 0.25) is 5.02 Å². The fourth-order valence-electron chi connectivity index (χ4n) is 2.43. The quantitative estimate of drug-likeness (QED) is 0.645. The van der Waals surface area contributed by atoms with Gasteiger partial charge < -0.3 is 10.1 Å². The van der Waals surface area contributed by atoms with Crippen molar-refractivity contribution >= 4 is 17.5 Å². The van der Waals surface area contributed by atoms with Crippen LogP contribution in [0, 0.1) is 11.6 Å². The fourth-order valence-corrected chi connectivity index (χ4v) is 2.59. The van der Waals surface area contributed by atoms with Crippen molar-refractivity contribution in [2.45, 2.75) is 13.0 Å². The molecule has 7 heteroatoms. The molecular weight excluding hydrogens is 374 g/mol. The molecule has 4 nitrogen and oxygen atoms in total. The number of ether oxygens (including phenoxy) is 1. The molecule has 1 N–H and O–H groups in total. The van der Waals surface area contributed by atoms with E-state index in [0.717, 1.165) is 23.8 Å². The molecule has 1 amide bonds. The first-order chi connectivity index (χ1) is 12.9. The third-order valence-corrected chi connectivity index (χ3v) is 4.02. The number of hydrogen-bond donors (Lipinski definition) is 1. The van der Waals surface area contributed by atoms with E-state index in [2.05, 4.69) is 10.3 Å². The number of aromatic nitrogens is 1. The minimum absolute atomic E-state index is 0.00828. The van der Waals surface area contributed by atoms with E-state index in [1.54, 1.807) is 0 Å². The molecule has 0 fully saturated rings. The fraction of sp³-hybridized carbons (Fsp3) is 0.100. The lowest BCUT2D eigenvalue weighted by molar-refractivity contribution is 0.0936. The van der Waals surface area contributed by atoms with Gasteiger partial charge >= 0.3 is 0 Å². The third-order valence-electron chi connectivity index (χ3n) is 3.81. The Balaban J connectivity index is 1.87. The van der Waals surface area contributed by atoms with Gasteiger partial charge in [0.1, 0.15) is 11.4 Å². The number of hydrogen-bond acceptors (Lipinski definition) is 3. The standard InChI is InChI=1S/C20H15ClF2N2O2/c1-12(13-5-3-2-4-6-13)25-19(26)16-9-14(21)11-24-20(16)27-18-10-15(22)7-8-17(18)23/h2-12H,1H3,(H,25,26)/t12-/m0/s1. The first-order valence-corrected chi connectivity index (χ1v) is 8.46. The predicted octanol–water partition coefficient (Wildman–Crippen LogP) is 5.30. The monoisotopic (exact) mass is 388 g/mol. The molecule has 0 radical (unpaired) electrons. The molecule has 0 aliphatic rings. The lowest BCUT2D eigenvalue weighted by Gasteiger charge is -2.16. The van der Waals surface area contributed by atoms with E-state index in [0.29, 0.717) is 0 Å². The van der Waals surface area contributed by atoms with Crippen LogP contribution in [0.25, 0.3) is 0 Å². The number of nitrogens with zero attached hydrogens (tertiary/aromatic N) is 1. The molecule has 0 spiro atoms. The maximum Gasteiger partial charge on any atom is 0.257 e. The normalized spacial score (nSPS) is 11.7. The van der Waals surface area contributed by atoms with Gasteiger partial charge in [0, 0.05) is 12.3 Å². The van der Waals surface area contributed by atoms with Crippen molar-refractivity contribution in [2.24, 2.45) is 0 Å². The van der Waals surface area contributed by atoms with Crippen molar-refractivity contribution in [3.8, 4) is 11.6 Å². The van der Waals surface area contributed by atoms with Gasteiger partial charge in [-0.25, -0.2) is 13.8 Å². The number of nitrogens with one attached hydrogen (secondary N) is 1. The molecule has 3 aromatic rings. The number of halogens is 3. The van der Waals surface area contributed by atoms with Crippen molar-refractivity contribution in [2.75, 3.05) is 0 Å². The summed E-state index contributed by atoms with van der Waals surface area (Å²) in [7, 11) is 0. The molecule has 0 saturated heterocycles. The van der Waals surface area contributed by atoms with Gasteiger partial charge in [0.05, 0.1) is 11.1 Å². The SMILES string of the molecule is C[C@H](NC(=O)c1cc(Cl)cnc1Oc1cc(F)ccc1F)c1ccccc1. The Morgan fingerprint density at radius 3 is 2.63 bits per heavy atom. The minimum atomic E-state index is -0.780. The maximum absolute atomic E-state index is 13.9. The summed E-state index contributed by atoms with van der Waals surface area (Å²) < 4.78 is 32.6. The van der Waals surface area contributed by atoms with Gasteiger partial charge in [-0.3, -0.25) is 4.79 Å². The van der Waals surface area contributed by atoms with Crippen LogP contribution in [0.1, 0.15) is 28.9 Å². The Hall–Kier alpha value is -2.99. The summed E-state index contributed by atoms with van der Waals surface area (Å²) in [6.07, 6.45) is 1.26. The molecule has 0 aliphatic carbocycles. The van der Waals surface area contributed by atoms with E-state index >= 15 is 0 Å². The van der Waals surface area contributed by atoms with Crippen molar-refractivity contribution in [1.29, 1.82) is 0 Å². The molecule has 3 rings (SSSR count). The highest BCUT2D eigenvalue weighted by molar-refractivity contribution is 6.30. The van der Waals surface area contributed by atoms with Crippen LogP contribution < -0.4 is 10.1 Å². The van der Waals surface area contributed by atoms with Crippen LogP contribution >= 0.6 is 11.6 Å². The molecule has 1 aromatic heterocycles. The smallest absolute Gasteiger partial charge is 0.257 e. The van der Waals surface area contributed by atoms with E-state index in [-0.39, 0.29) is 28.3 Å². The molecular formula is C20H15ClF2N2O2. The second kappa shape index (κ2) is 8.14. The molecule has 2 aromatic carbocycles. The van der Waals surface area contributed by atoms with Crippen molar-refractivity contribution in [1.82, 2.24) is 10.3 Å².